The van der Waals surface area contributed by atoms with Crippen LogP contribution < -0.4 is 5.73 Å². The maximum atomic E-state index is 12.6. The Hall–Kier alpha value is -2.75. The van der Waals surface area contributed by atoms with E-state index in [2.05, 4.69) is 19.7 Å². The number of carbonyl (C=O) groups excluding carboxylic acids is 2. The van der Waals surface area contributed by atoms with E-state index in [-0.39, 0.29) is 30.4 Å². The van der Waals surface area contributed by atoms with Gasteiger partial charge in [0.05, 0.1) is 19.5 Å². The smallest absolute Gasteiger partial charge is 0.305 e. The summed E-state index contributed by atoms with van der Waals surface area (Å²) in [6, 6.07) is 0.0277. The number of hydrogen-bond donors (Lipinski definition) is 1. The zero-order chi connectivity index (χ0) is 21.4. The van der Waals surface area contributed by atoms with Crippen molar-refractivity contribution in [1.82, 2.24) is 24.4 Å². The van der Waals surface area contributed by atoms with Gasteiger partial charge >= 0.3 is 5.97 Å². The molecule has 160 valence electrons. The Bertz CT molecular complexity index is 822. The van der Waals surface area contributed by atoms with Crippen molar-refractivity contribution in [3.8, 4) is 0 Å². The van der Waals surface area contributed by atoms with Crippen molar-refractivity contribution in [1.29, 1.82) is 0 Å². The summed E-state index contributed by atoms with van der Waals surface area (Å²) in [7, 11) is 2.98. The Balaban J connectivity index is 1.95. The van der Waals surface area contributed by atoms with Gasteiger partial charge in [-0.05, 0) is 26.7 Å². The fourth-order valence-corrected chi connectivity index (χ4v) is 3.08. The van der Waals surface area contributed by atoms with Crippen LogP contribution in [-0.2, 0) is 25.6 Å². The molecule has 1 unspecified atom stereocenters. The van der Waals surface area contributed by atoms with E-state index < -0.39 is 0 Å². The predicted molar refractivity (Wildman–Crippen MR) is 108 cm³/mol. The quantitative estimate of drug-likeness (QED) is 0.555. The molecule has 1 atom stereocenters. The Morgan fingerprint density at radius 3 is 2.62 bits per heavy atom. The lowest BCUT2D eigenvalue weighted by atomic mass is 10.1. The van der Waals surface area contributed by atoms with Crippen LogP contribution in [0, 0.1) is 0 Å². The van der Waals surface area contributed by atoms with Crippen LogP contribution in [0.3, 0.4) is 0 Å². The fourth-order valence-electron chi connectivity index (χ4n) is 3.08. The second-order valence-corrected chi connectivity index (χ2v) is 7.09. The number of nitrogens with two attached hydrogens (primary N) is 1. The Morgan fingerprint density at radius 2 is 1.97 bits per heavy atom. The van der Waals surface area contributed by atoms with Gasteiger partial charge in [0.15, 0.2) is 11.5 Å². The molecule has 2 aromatic rings. The summed E-state index contributed by atoms with van der Waals surface area (Å²) in [5, 5.41) is 0. The van der Waals surface area contributed by atoms with Crippen LogP contribution in [-0.4, -0.2) is 69.2 Å². The zero-order valence-corrected chi connectivity index (χ0v) is 17.5. The van der Waals surface area contributed by atoms with Gasteiger partial charge in [0.25, 0.3) is 0 Å². The molecule has 0 aliphatic carbocycles. The standard InChI is InChI=1S/C19H30N6O4/c1-13(2)25(15(26)6-5-7-16(27)29-4)10-14(28-3)8-9-24-12-23-17-18(20)21-11-22-19(17)24/h11-14H,5-10H2,1-4H3,(H2,20,21,22). The highest BCUT2D eigenvalue weighted by atomic mass is 16.5. The molecule has 10 nitrogen and oxygen atoms in total. The number of aromatic nitrogens is 4. The van der Waals surface area contributed by atoms with Crippen molar-refractivity contribution < 1.29 is 19.1 Å². The van der Waals surface area contributed by atoms with Crippen LogP contribution in [0.5, 0.6) is 0 Å². The largest absolute Gasteiger partial charge is 0.469 e. The number of methoxy groups -OCH3 is 2. The number of hydrogen-bond acceptors (Lipinski definition) is 8. The topological polar surface area (TPSA) is 125 Å². The zero-order valence-electron chi connectivity index (χ0n) is 17.5. The highest BCUT2D eigenvalue weighted by Gasteiger charge is 2.22. The molecule has 1 amide bonds. The second-order valence-electron chi connectivity index (χ2n) is 7.09. The molecular formula is C19H30N6O4. The van der Waals surface area contributed by atoms with E-state index in [4.69, 9.17) is 10.5 Å². The lowest BCUT2D eigenvalue weighted by molar-refractivity contribution is -0.141. The summed E-state index contributed by atoms with van der Waals surface area (Å²) in [5.74, 6) is 0.0424. The highest BCUT2D eigenvalue weighted by molar-refractivity contribution is 5.81. The van der Waals surface area contributed by atoms with E-state index in [1.54, 1.807) is 18.3 Å². The molecule has 0 aromatic carbocycles. The first-order valence-electron chi connectivity index (χ1n) is 9.67. The number of ether oxygens (including phenoxy) is 2. The molecule has 0 aliphatic rings. The van der Waals surface area contributed by atoms with Gasteiger partial charge in [-0.25, -0.2) is 15.0 Å². The Labute approximate surface area is 170 Å². The normalized spacial score (nSPS) is 12.3. The van der Waals surface area contributed by atoms with E-state index in [1.165, 1.54) is 13.4 Å². The number of anilines is 1. The number of imidazole rings is 1. The van der Waals surface area contributed by atoms with Gasteiger partial charge in [-0.15, -0.1) is 0 Å². The third-order valence-corrected chi connectivity index (χ3v) is 4.80. The molecular weight excluding hydrogens is 376 g/mol. The van der Waals surface area contributed by atoms with Crippen LogP contribution in [0.1, 0.15) is 39.5 Å². The average molecular weight is 406 g/mol. The van der Waals surface area contributed by atoms with Crippen molar-refractivity contribution >= 4 is 28.9 Å². The van der Waals surface area contributed by atoms with Crippen LogP contribution in [0.25, 0.3) is 11.2 Å². The van der Waals surface area contributed by atoms with Crippen LogP contribution in [0.2, 0.25) is 0 Å². The third-order valence-electron chi connectivity index (χ3n) is 4.80. The van der Waals surface area contributed by atoms with Crippen molar-refractivity contribution in [3.05, 3.63) is 12.7 Å². The van der Waals surface area contributed by atoms with Gasteiger partial charge in [-0.3, -0.25) is 9.59 Å². The second kappa shape index (κ2) is 10.7. The SMILES string of the molecule is COC(=O)CCCC(=O)N(CC(CCn1cnc2c(N)ncnc21)OC)C(C)C. The molecule has 29 heavy (non-hydrogen) atoms. The number of amides is 1. The number of esters is 1. The maximum Gasteiger partial charge on any atom is 0.305 e. The summed E-state index contributed by atoms with van der Waals surface area (Å²) in [5.41, 5.74) is 7.08. The first-order valence-corrected chi connectivity index (χ1v) is 9.67. The Morgan fingerprint density at radius 1 is 1.21 bits per heavy atom. The van der Waals surface area contributed by atoms with Gasteiger partial charge in [0, 0.05) is 39.1 Å². The van der Waals surface area contributed by atoms with Crippen LogP contribution in [0.4, 0.5) is 5.82 Å². The summed E-state index contributed by atoms with van der Waals surface area (Å²) >= 11 is 0. The fraction of sp³-hybridized carbons (Fsp3) is 0.632. The van der Waals surface area contributed by atoms with Gasteiger partial charge in [-0.1, -0.05) is 0 Å². The summed E-state index contributed by atoms with van der Waals surface area (Å²) in [6.45, 7) is 5.02. The molecule has 0 bridgehead atoms. The number of fused-ring (bicyclic) bond motifs is 1. The lowest BCUT2D eigenvalue weighted by Gasteiger charge is -2.30. The summed E-state index contributed by atoms with van der Waals surface area (Å²) < 4.78 is 12.1. The maximum absolute atomic E-state index is 12.6. The first kappa shape index (κ1) is 22.5. The number of rotatable bonds is 11. The minimum Gasteiger partial charge on any atom is -0.469 e. The Kier molecular flexibility index (Phi) is 8.32. The first-order chi connectivity index (χ1) is 13.9. The lowest BCUT2D eigenvalue weighted by Crippen LogP contribution is -2.42. The molecule has 0 saturated heterocycles. The summed E-state index contributed by atoms with van der Waals surface area (Å²) in [4.78, 5) is 38.1. The summed E-state index contributed by atoms with van der Waals surface area (Å²) in [6.07, 6.45) is 4.61. The number of aryl methyl sites for hydroxylation is 1. The van der Waals surface area contributed by atoms with Gasteiger partial charge in [-0.2, -0.15) is 0 Å². The van der Waals surface area contributed by atoms with E-state index in [0.29, 0.717) is 49.3 Å². The molecule has 2 N–H and O–H groups in total. The molecule has 2 rings (SSSR count). The van der Waals surface area contributed by atoms with E-state index in [9.17, 15) is 9.59 Å². The van der Waals surface area contributed by atoms with Gasteiger partial charge < -0.3 is 24.7 Å². The van der Waals surface area contributed by atoms with Crippen molar-refractivity contribution in [3.63, 3.8) is 0 Å². The number of nitrogens with zero attached hydrogens (tertiary/aromatic N) is 5. The van der Waals surface area contributed by atoms with E-state index in [0.717, 1.165) is 0 Å². The highest BCUT2D eigenvalue weighted by Crippen LogP contribution is 2.16. The minimum absolute atomic E-state index is 0.000418. The van der Waals surface area contributed by atoms with E-state index >= 15 is 0 Å². The van der Waals surface area contributed by atoms with Gasteiger partial charge in [0.2, 0.25) is 5.91 Å². The minimum atomic E-state index is -0.305. The molecule has 0 aliphatic heterocycles. The molecule has 0 spiro atoms. The molecule has 0 fully saturated rings. The monoisotopic (exact) mass is 406 g/mol. The predicted octanol–water partition coefficient (Wildman–Crippen LogP) is 1.39. The van der Waals surface area contributed by atoms with Crippen molar-refractivity contribution in [2.75, 3.05) is 26.5 Å². The average Bonchev–Trinajstić information content (AvgIpc) is 3.12. The number of carbonyl (C=O) groups is 2. The van der Waals surface area contributed by atoms with Crippen molar-refractivity contribution in [2.45, 2.75) is 58.2 Å². The van der Waals surface area contributed by atoms with Gasteiger partial charge in [0.1, 0.15) is 11.8 Å². The molecule has 2 heterocycles. The molecule has 0 saturated carbocycles. The van der Waals surface area contributed by atoms with Crippen LogP contribution in [0.15, 0.2) is 12.7 Å². The van der Waals surface area contributed by atoms with Crippen molar-refractivity contribution in [2.24, 2.45) is 0 Å². The van der Waals surface area contributed by atoms with E-state index in [1.807, 2.05) is 18.4 Å². The molecule has 10 heteroatoms. The third kappa shape index (κ3) is 6.11. The number of nitrogen functional groups attached to an aromatic ring is 1. The molecule has 2 aromatic heterocycles. The van der Waals surface area contributed by atoms with Crippen LogP contribution >= 0.6 is 0 Å². The molecule has 0 radical (unpaired) electrons.